The highest BCUT2D eigenvalue weighted by atomic mass is 16.6. The number of aromatic nitrogens is 5. The van der Waals surface area contributed by atoms with E-state index in [2.05, 4.69) is 35.8 Å². The summed E-state index contributed by atoms with van der Waals surface area (Å²) in [6.45, 7) is 1.56. The fourth-order valence-corrected chi connectivity index (χ4v) is 2.33. The number of hydrazone groups is 1. The molecule has 0 saturated carbocycles. The van der Waals surface area contributed by atoms with Gasteiger partial charge in [0.2, 0.25) is 11.6 Å². The molecular formula is C15H16N8O5. The van der Waals surface area contributed by atoms with Gasteiger partial charge < -0.3 is 20.7 Å². The van der Waals surface area contributed by atoms with Gasteiger partial charge in [-0.1, -0.05) is 5.21 Å². The highest BCUT2D eigenvalue weighted by Gasteiger charge is 2.25. The van der Waals surface area contributed by atoms with Gasteiger partial charge in [0.15, 0.2) is 5.69 Å². The van der Waals surface area contributed by atoms with Gasteiger partial charge in [0.1, 0.15) is 17.2 Å². The Morgan fingerprint density at radius 3 is 2.82 bits per heavy atom. The van der Waals surface area contributed by atoms with E-state index in [4.69, 9.17) is 10.5 Å². The summed E-state index contributed by atoms with van der Waals surface area (Å²) in [6, 6.07) is 4.00. The molecule has 1 aromatic carbocycles. The Kier molecular flexibility index (Phi) is 5.17. The van der Waals surface area contributed by atoms with Gasteiger partial charge in [0, 0.05) is 18.7 Å². The fraction of sp³-hybridized carbons (Fsp3) is 0.200. The van der Waals surface area contributed by atoms with Crippen molar-refractivity contribution < 1.29 is 24.4 Å². The number of nitrogens with one attached hydrogen (secondary N) is 1. The lowest BCUT2D eigenvalue weighted by Gasteiger charge is -2.07. The average molecular weight is 388 g/mol. The van der Waals surface area contributed by atoms with Crippen LogP contribution in [0.1, 0.15) is 28.7 Å². The number of nitrogens with two attached hydrogens (primary N) is 1. The standard InChI is InChI=1S/C15H16N8O5/c1-7(9-4-3-8(24)5-11(9)25)17-19-15(26)12-10(6-27-2)18-22-23(12)14-13(16)20-28-21-14/h3-5,24-25H,6H2,1-2H3,(H2,16,20)(H,19,26)/b17-7-. The van der Waals surface area contributed by atoms with E-state index < -0.39 is 5.91 Å². The molecule has 0 aliphatic carbocycles. The van der Waals surface area contributed by atoms with Crippen LogP contribution in [-0.4, -0.2) is 54.2 Å². The van der Waals surface area contributed by atoms with Crippen molar-refractivity contribution in [2.75, 3.05) is 12.8 Å². The van der Waals surface area contributed by atoms with E-state index in [1.807, 2.05) is 0 Å². The monoisotopic (exact) mass is 388 g/mol. The second-order valence-electron chi connectivity index (χ2n) is 5.54. The number of carbonyl (C=O) groups excluding carboxylic acids is 1. The number of hydrogen-bond donors (Lipinski definition) is 4. The number of ether oxygens (including phenoxy) is 1. The SMILES string of the molecule is COCc1nnn(-c2nonc2N)c1C(=O)N/N=C(/C)c1ccc(O)cc1O. The number of nitrogen functional groups attached to an aromatic ring is 1. The molecule has 0 spiro atoms. The van der Waals surface area contributed by atoms with Crippen LogP contribution in [0.25, 0.3) is 5.82 Å². The zero-order valence-electron chi connectivity index (χ0n) is 14.8. The topological polar surface area (TPSA) is 187 Å². The van der Waals surface area contributed by atoms with E-state index >= 15 is 0 Å². The molecule has 0 aliphatic rings. The van der Waals surface area contributed by atoms with Gasteiger partial charge in [-0.15, -0.1) is 5.10 Å². The molecule has 13 heteroatoms. The fourth-order valence-electron chi connectivity index (χ4n) is 2.33. The van der Waals surface area contributed by atoms with Crippen LogP contribution in [0.4, 0.5) is 5.82 Å². The molecule has 13 nitrogen and oxygen atoms in total. The number of hydrogen-bond acceptors (Lipinski definition) is 11. The third-order valence-electron chi connectivity index (χ3n) is 3.63. The molecule has 5 N–H and O–H groups in total. The van der Waals surface area contributed by atoms with Crippen LogP contribution in [-0.2, 0) is 11.3 Å². The second kappa shape index (κ2) is 7.71. The Hall–Kier alpha value is -4.00. The van der Waals surface area contributed by atoms with Crippen molar-refractivity contribution >= 4 is 17.4 Å². The molecule has 0 unspecified atom stereocenters. The minimum absolute atomic E-state index is 0.00458. The number of aromatic hydroxyl groups is 2. The third kappa shape index (κ3) is 3.59. The molecule has 0 atom stereocenters. The van der Waals surface area contributed by atoms with Crippen LogP contribution < -0.4 is 11.2 Å². The van der Waals surface area contributed by atoms with E-state index in [0.29, 0.717) is 11.3 Å². The summed E-state index contributed by atoms with van der Waals surface area (Å²) in [7, 11) is 1.43. The maximum absolute atomic E-state index is 12.7. The first kappa shape index (κ1) is 18.8. The molecular weight excluding hydrogens is 372 g/mol. The van der Waals surface area contributed by atoms with Gasteiger partial charge in [-0.25, -0.2) is 10.1 Å². The number of nitrogens with zero attached hydrogens (tertiary/aromatic N) is 6. The largest absolute Gasteiger partial charge is 0.508 e. The lowest BCUT2D eigenvalue weighted by Crippen LogP contribution is -2.24. The van der Waals surface area contributed by atoms with Crippen LogP contribution >= 0.6 is 0 Å². The lowest BCUT2D eigenvalue weighted by molar-refractivity contribution is 0.0941. The predicted octanol–water partition coefficient (Wildman–Crippen LogP) is -0.0559. The van der Waals surface area contributed by atoms with Crippen molar-refractivity contribution in [3.63, 3.8) is 0 Å². The molecule has 0 bridgehead atoms. The molecule has 0 fully saturated rings. The highest BCUT2D eigenvalue weighted by Crippen LogP contribution is 2.23. The van der Waals surface area contributed by atoms with E-state index in [1.54, 1.807) is 6.92 Å². The van der Waals surface area contributed by atoms with Crippen LogP contribution in [0.5, 0.6) is 11.5 Å². The van der Waals surface area contributed by atoms with Crippen molar-refractivity contribution in [2.45, 2.75) is 13.5 Å². The smallest absolute Gasteiger partial charge is 0.292 e. The molecule has 146 valence electrons. The van der Waals surface area contributed by atoms with Crippen molar-refractivity contribution in [3.05, 3.63) is 35.2 Å². The van der Waals surface area contributed by atoms with Gasteiger partial charge in [-0.3, -0.25) is 4.79 Å². The Balaban J connectivity index is 1.91. The first-order valence-corrected chi connectivity index (χ1v) is 7.81. The number of carbonyl (C=O) groups is 1. The van der Waals surface area contributed by atoms with E-state index in [9.17, 15) is 15.0 Å². The molecule has 28 heavy (non-hydrogen) atoms. The number of methoxy groups -OCH3 is 1. The highest BCUT2D eigenvalue weighted by molar-refractivity contribution is 6.02. The van der Waals surface area contributed by atoms with Gasteiger partial charge in [0.05, 0.1) is 12.3 Å². The minimum atomic E-state index is -0.683. The number of amides is 1. The summed E-state index contributed by atoms with van der Waals surface area (Å²) >= 11 is 0. The van der Waals surface area contributed by atoms with Crippen LogP contribution in [0.2, 0.25) is 0 Å². The first-order chi connectivity index (χ1) is 13.4. The normalized spacial score (nSPS) is 11.6. The third-order valence-corrected chi connectivity index (χ3v) is 3.63. The number of phenols is 2. The molecule has 1 amide bonds. The van der Waals surface area contributed by atoms with Crippen molar-refractivity contribution in [2.24, 2.45) is 5.10 Å². The van der Waals surface area contributed by atoms with Gasteiger partial charge in [-0.05, 0) is 29.4 Å². The summed E-state index contributed by atoms with van der Waals surface area (Å²) in [5, 5.41) is 38.0. The molecule has 2 heterocycles. The predicted molar refractivity (Wildman–Crippen MR) is 93.8 cm³/mol. The minimum Gasteiger partial charge on any atom is -0.508 e. The Labute approximate surface area is 157 Å². The summed E-state index contributed by atoms with van der Waals surface area (Å²) in [6.07, 6.45) is 0. The van der Waals surface area contributed by atoms with E-state index in [0.717, 1.165) is 10.7 Å². The van der Waals surface area contributed by atoms with Crippen molar-refractivity contribution in [1.29, 1.82) is 0 Å². The average Bonchev–Trinajstić information content (AvgIpc) is 3.25. The summed E-state index contributed by atoms with van der Waals surface area (Å²) in [4.78, 5) is 12.7. The van der Waals surface area contributed by atoms with Crippen molar-refractivity contribution in [1.82, 2.24) is 30.7 Å². The molecule has 2 aromatic heterocycles. The Morgan fingerprint density at radius 2 is 2.18 bits per heavy atom. The van der Waals surface area contributed by atoms with Gasteiger partial charge in [-0.2, -0.15) is 9.78 Å². The van der Waals surface area contributed by atoms with Crippen LogP contribution in [0.3, 0.4) is 0 Å². The van der Waals surface area contributed by atoms with Crippen molar-refractivity contribution in [3.8, 4) is 17.3 Å². The molecule has 0 radical (unpaired) electrons. The zero-order chi connectivity index (χ0) is 20.3. The number of anilines is 1. The quantitative estimate of drug-likeness (QED) is 0.329. The molecule has 3 rings (SSSR count). The Morgan fingerprint density at radius 1 is 1.39 bits per heavy atom. The summed E-state index contributed by atoms with van der Waals surface area (Å²) in [5.41, 5.74) is 8.80. The summed E-state index contributed by atoms with van der Waals surface area (Å²) < 4.78 is 10.6. The number of phenolic OH excluding ortho intramolecular Hbond substituents is 2. The van der Waals surface area contributed by atoms with Gasteiger partial charge >= 0.3 is 0 Å². The molecule has 0 aliphatic heterocycles. The van der Waals surface area contributed by atoms with E-state index in [-0.39, 0.29) is 41.1 Å². The zero-order valence-corrected chi connectivity index (χ0v) is 14.8. The van der Waals surface area contributed by atoms with Crippen LogP contribution in [0.15, 0.2) is 27.9 Å². The number of rotatable bonds is 6. The maximum atomic E-state index is 12.7. The second-order valence-corrected chi connectivity index (χ2v) is 5.54. The first-order valence-electron chi connectivity index (χ1n) is 7.81. The van der Waals surface area contributed by atoms with Gasteiger partial charge in [0.25, 0.3) is 5.91 Å². The Bertz CT molecular complexity index is 1040. The maximum Gasteiger partial charge on any atom is 0.292 e. The summed E-state index contributed by atoms with van der Waals surface area (Å²) in [5.74, 6) is -1.08. The van der Waals surface area contributed by atoms with Crippen LogP contribution in [0, 0.1) is 0 Å². The molecule has 3 aromatic rings. The number of benzene rings is 1. The molecule has 0 saturated heterocycles. The lowest BCUT2D eigenvalue weighted by atomic mass is 10.1. The van der Waals surface area contributed by atoms with E-state index in [1.165, 1.54) is 19.2 Å².